The van der Waals surface area contributed by atoms with E-state index in [2.05, 4.69) is 27.3 Å². The summed E-state index contributed by atoms with van der Waals surface area (Å²) in [4.78, 5) is 18.9. The number of nitrogens with one attached hydrogen (secondary N) is 1. The standard InChI is InChI=1S/C21H24N4OS/c22-13-17-4-6-18(7-5-17)15-27-16-21(26)24-19-8-11-25(12-9-19)14-20-3-1-2-10-23-20/h1-7,10,19H,8-9,11-12,14-16H2,(H,24,26). The van der Waals surface area contributed by atoms with Crippen molar-refractivity contribution in [1.82, 2.24) is 15.2 Å². The average molecular weight is 381 g/mol. The lowest BCUT2D eigenvalue weighted by molar-refractivity contribution is -0.119. The zero-order chi connectivity index (χ0) is 18.9. The molecule has 0 bridgehead atoms. The number of amides is 1. The quantitative estimate of drug-likeness (QED) is 0.800. The highest BCUT2D eigenvalue weighted by Gasteiger charge is 2.20. The summed E-state index contributed by atoms with van der Waals surface area (Å²) in [5.74, 6) is 1.35. The van der Waals surface area contributed by atoms with Crippen molar-refractivity contribution < 1.29 is 4.79 Å². The van der Waals surface area contributed by atoms with Crippen LogP contribution < -0.4 is 5.32 Å². The van der Waals surface area contributed by atoms with E-state index < -0.39 is 0 Å². The Hall–Kier alpha value is -2.36. The molecule has 0 atom stereocenters. The summed E-state index contributed by atoms with van der Waals surface area (Å²) in [6, 6.07) is 15.9. The molecule has 1 N–H and O–H groups in total. The molecule has 0 radical (unpaired) electrons. The SMILES string of the molecule is N#Cc1ccc(CSCC(=O)NC2CCN(Cc3ccccn3)CC2)cc1. The summed E-state index contributed by atoms with van der Waals surface area (Å²) in [7, 11) is 0. The number of benzene rings is 1. The molecule has 6 heteroatoms. The Balaban J connectivity index is 1.32. The Morgan fingerprint density at radius 2 is 2.00 bits per heavy atom. The highest BCUT2D eigenvalue weighted by Crippen LogP contribution is 2.15. The van der Waals surface area contributed by atoms with Crippen LogP contribution in [0.15, 0.2) is 48.7 Å². The lowest BCUT2D eigenvalue weighted by Crippen LogP contribution is -2.44. The van der Waals surface area contributed by atoms with E-state index in [-0.39, 0.29) is 11.9 Å². The lowest BCUT2D eigenvalue weighted by atomic mass is 10.0. The van der Waals surface area contributed by atoms with Crippen LogP contribution in [-0.4, -0.2) is 40.7 Å². The predicted octanol–water partition coefficient (Wildman–Crippen LogP) is 2.97. The minimum absolute atomic E-state index is 0.108. The largest absolute Gasteiger partial charge is 0.353 e. The number of carbonyl (C=O) groups is 1. The third kappa shape index (κ3) is 6.38. The first-order chi connectivity index (χ1) is 13.2. The molecule has 5 nitrogen and oxygen atoms in total. The Labute approximate surface area is 164 Å². The van der Waals surface area contributed by atoms with E-state index in [1.807, 2.05) is 42.6 Å². The first kappa shape index (κ1) is 19.4. The highest BCUT2D eigenvalue weighted by atomic mass is 32.2. The molecule has 0 aliphatic carbocycles. The Morgan fingerprint density at radius 3 is 2.67 bits per heavy atom. The number of thioether (sulfide) groups is 1. The number of piperidine rings is 1. The Morgan fingerprint density at radius 1 is 1.22 bits per heavy atom. The smallest absolute Gasteiger partial charge is 0.230 e. The third-order valence-electron chi connectivity index (χ3n) is 4.65. The molecule has 140 valence electrons. The van der Waals surface area contributed by atoms with Gasteiger partial charge < -0.3 is 5.32 Å². The van der Waals surface area contributed by atoms with E-state index in [1.54, 1.807) is 11.8 Å². The molecule has 1 fully saturated rings. The number of hydrogen-bond donors (Lipinski definition) is 1. The van der Waals surface area contributed by atoms with Gasteiger partial charge in [0.1, 0.15) is 0 Å². The molecule has 1 aromatic carbocycles. The van der Waals surface area contributed by atoms with Crippen LogP contribution in [0.25, 0.3) is 0 Å². The predicted molar refractivity (Wildman–Crippen MR) is 108 cm³/mol. The van der Waals surface area contributed by atoms with E-state index in [9.17, 15) is 4.79 Å². The van der Waals surface area contributed by atoms with E-state index in [0.29, 0.717) is 11.3 Å². The molecule has 3 rings (SSSR count). The van der Waals surface area contributed by atoms with Crippen molar-refractivity contribution in [1.29, 1.82) is 5.26 Å². The Kier molecular flexibility index (Phi) is 7.26. The van der Waals surface area contributed by atoms with E-state index in [1.165, 1.54) is 0 Å². The zero-order valence-corrected chi connectivity index (χ0v) is 16.1. The van der Waals surface area contributed by atoms with Gasteiger partial charge in [-0.3, -0.25) is 14.7 Å². The maximum atomic E-state index is 12.2. The third-order valence-corrected chi connectivity index (χ3v) is 5.65. The molecule has 2 aromatic rings. The summed E-state index contributed by atoms with van der Waals surface area (Å²) < 4.78 is 0. The highest BCUT2D eigenvalue weighted by molar-refractivity contribution is 7.99. The van der Waals surface area contributed by atoms with Crippen LogP contribution in [-0.2, 0) is 17.1 Å². The fourth-order valence-electron chi connectivity index (χ4n) is 3.16. The molecule has 2 heterocycles. The fraction of sp³-hybridized carbons (Fsp3) is 0.381. The summed E-state index contributed by atoms with van der Waals surface area (Å²) in [6.07, 6.45) is 3.80. The number of nitrogens with zero attached hydrogens (tertiary/aromatic N) is 3. The number of carbonyl (C=O) groups excluding carboxylic acids is 1. The summed E-state index contributed by atoms with van der Waals surface area (Å²) >= 11 is 1.61. The van der Waals surface area contributed by atoms with Gasteiger partial charge in [-0.05, 0) is 42.7 Å². The van der Waals surface area contributed by atoms with Crippen molar-refractivity contribution in [3.8, 4) is 6.07 Å². The fourth-order valence-corrected chi connectivity index (χ4v) is 3.96. The minimum Gasteiger partial charge on any atom is -0.353 e. The second-order valence-corrected chi connectivity index (χ2v) is 7.73. The van der Waals surface area contributed by atoms with Crippen molar-refractivity contribution in [2.75, 3.05) is 18.8 Å². The van der Waals surface area contributed by atoms with Crippen LogP contribution in [0.3, 0.4) is 0 Å². The van der Waals surface area contributed by atoms with Gasteiger partial charge in [0, 0.05) is 37.6 Å². The molecule has 1 aliphatic heterocycles. The van der Waals surface area contributed by atoms with Crippen LogP contribution >= 0.6 is 11.8 Å². The van der Waals surface area contributed by atoms with Gasteiger partial charge in [-0.15, -0.1) is 11.8 Å². The summed E-state index contributed by atoms with van der Waals surface area (Å²) in [6.45, 7) is 2.85. The van der Waals surface area contributed by atoms with Crippen LogP contribution in [0.5, 0.6) is 0 Å². The van der Waals surface area contributed by atoms with Gasteiger partial charge in [-0.2, -0.15) is 5.26 Å². The monoisotopic (exact) mass is 380 g/mol. The molecular weight excluding hydrogens is 356 g/mol. The van der Waals surface area contributed by atoms with E-state index >= 15 is 0 Å². The van der Waals surface area contributed by atoms with Gasteiger partial charge in [0.15, 0.2) is 0 Å². The molecule has 1 aliphatic rings. The van der Waals surface area contributed by atoms with Gasteiger partial charge >= 0.3 is 0 Å². The number of rotatable bonds is 7. The molecule has 1 aromatic heterocycles. The van der Waals surface area contributed by atoms with Crippen LogP contribution in [0.1, 0.15) is 29.7 Å². The van der Waals surface area contributed by atoms with Crippen LogP contribution in [0, 0.1) is 11.3 Å². The van der Waals surface area contributed by atoms with Crippen LogP contribution in [0.4, 0.5) is 0 Å². The van der Waals surface area contributed by atoms with Gasteiger partial charge in [0.05, 0.1) is 23.1 Å². The molecule has 0 saturated carbocycles. The number of nitriles is 1. The number of hydrogen-bond acceptors (Lipinski definition) is 5. The first-order valence-electron chi connectivity index (χ1n) is 9.21. The number of likely N-dealkylation sites (tertiary alicyclic amines) is 1. The van der Waals surface area contributed by atoms with Crippen molar-refractivity contribution in [2.45, 2.75) is 31.2 Å². The van der Waals surface area contributed by atoms with Gasteiger partial charge in [0.25, 0.3) is 0 Å². The molecule has 27 heavy (non-hydrogen) atoms. The number of pyridine rings is 1. The molecule has 1 amide bonds. The van der Waals surface area contributed by atoms with Crippen molar-refractivity contribution in [3.63, 3.8) is 0 Å². The number of aromatic nitrogens is 1. The van der Waals surface area contributed by atoms with Crippen molar-refractivity contribution in [2.24, 2.45) is 0 Å². The second-order valence-electron chi connectivity index (χ2n) is 6.74. The molecule has 1 saturated heterocycles. The van der Waals surface area contributed by atoms with Gasteiger partial charge in [-0.1, -0.05) is 18.2 Å². The summed E-state index contributed by atoms with van der Waals surface area (Å²) in [5.41, 5.74) is 2.89. The molecule has 0 spiro atoms. The van der Waals surface area contributed by atoms with E-state index in [0.717, 1.165) is 49.5 Å². The Bertz CT molecular complexity index is 765. The second kappa shape index (κ2) is 10.1. The van der Waals surface area contributed by atoms with Crippen molar-refractivity contribution >= 4 is 17.7 Å². The maximum Gasteiger partial charge on any atom is 0.230 e. The normalized spacial score (nSPS) is 15.2. The van der Waals surface area contributed by atoms with Crippen LogP contribution in [0.2, 0.25) is 0 Å². The zero-order valence-electron chi connectivity index (χ0n) is 15.3. The minimum atomic E-state index is 0.108. The maximum absolute atomic E-state index is 12.2. The first-order valence-corrected chi connectivity index (χ1v) is 10.4. The van der Waals surface area contributed by atoms with Gasteiger partial charge in [0.2, 0.25) is 5.91 Å². The van der Waals surface area contributed by atoms with Crippen molar-refractivity contribution in [3.05, 3.63) is 65.5 Å². The van der Waals surface area contributed by atoms with Gasteiger partial charge in [-0.25, -0.2) is 0 Å². The summed E-state index contributed by atoms with van der Waals surface area (Å²) in [5, 5.41) is 12.0. The molecular formula is C21H24N4OS. The molecule has 0 unspecified atom stereocenters. The van der Waals surface area contributed by atoms with E-state index in [4.69, 9.17) is 5.26 Å². The lowest BCUT2D eigenvalue weighted by Gasteiger charge is -2.32. The topological polar surface area (TPSA) is 69.0 Å². The average Bonchev–Trinajstić information content (AvgIpc) is 2.71.